The number of ether oxygens (including phenoxy) is 4. The molecule has 0 fully saturated rings. The molecule has 0 aromatic carbocycles. The third-order valence-electron chi connectivity index (χ3n) is 11.2. The molecule has 402 valence electrons. The first-order chi connectivity index (χ1) is 34.6. The maximum absolute atomic E-state index is 12.8. The zero-order valence-electron chi connectivity index (χ0n) is 45.5. The zero-order chi connectivity index (χ0) is 52.0. The minimum atomic E-state index is -1.64. The first kappa shape index (κ1) is 66.7. The summed E-state index contributed by atoms with van der Waals surface area (Å²) in [5.74, 6) is -2.40. The van der Waals surface area contributed by atoms with E-state index >= 15 is 0 Å². The van der Waals surface area contributed by atoms with Gasteiger partial charge in [-0.3, -0.25) is 9.59 Å². The first-order valence-corrected chi connectivity index (χ1v) is 27.7. The molecule has 0 N–H and O–H groups in total. The van der Waals surface area contributed by atoms with Gasteiger partial charge in [0.15, 0.2) is 12.4 Å². The minimum Gasteiger partial charge on any atom is -0.545 e. The van der Waals surface area contributed by atoms with E-state index in [-0.39, 0.29) is 32.7 Å². The van der Waals surface area contributed by atoms with Crippen molar-refractivity contribution < 1.29 is 42.9 Å². The summed E-state index contributed by atoms with van der Waals surface area (Å²) in [5, 5.41) is 11.7. The number of hydrogen-bond acceptors (Lipinski definition) is 8. The third kappa shape index (κ3) is 53.3. The number of carboxylic acid groups (broad SMARTS) is 1. The number of carbonyl (C=O) groups is 3. The second-order valence-corrected chi connectivity index (χ2v) is 19.1. The molecule has 9 heteroatoms. The van der Waals surface area contributed by atoms with Gasteiger partial charge in [0.2, 0.25) is 0 Å². The van der Waals surface area contributed by atoms with Gasteiger partial charge in [0.25, 0.3) is 0 Å². The Morgan fingerprint density at radius 1 is 0.423 bits per heavy atom. The Bertz CT molecular complexity index is 1570. The topological polar surface area (TPSA) is 111 Å². The molecule has 0 spiro atoms. The Kier molecular flexibility index (Phi) is 48.9. The fraction of sp³-hybridized carbons (Fsp3) is 0.629. The van der Waals surface area contributed by atoms with Gasteiger partial charge in [0, 0.05) is 12.8 Å². The summed E-state index contributed by atoms with van der Waals surface area (Å²) in [4.78, 5) is 37.1. The maximum Gasteiger partial charge on any atom is 0.306 e. The Balaban J connectivity index is 4.20. The van der Waals surface area contributed by atoms with Gasteiger partial charge in [-0.25, -0.2) is 0 Å². The van der Waals surface area contributed by atoms with Gasteiger partial charge < -0.3 is 33.3 Å². The molecule has 2 atom stereocenters. The van der Waals surface area contributed by atoms with Crippen LogP contribution in [0, 0.1) is 0 Å². The predicted molar refractivity (Wildman–Crippen MR) is 296 cm³/mol. The van der Waals surface area contributed by atoms with Crippen LogP contribution in [-0.2, 0) is 33.3 Å². The zero-order valence-corrected chi connectivity index (χ0v) is 45.5. The van der Waals surface area contributed by atoms with Gasteiger partial charge in [0.1, 0.15) is 13.2 Å². The fourth-order valence-corrected chi connectivity index (χ4v) is 7.02. The van der Waals surface area contributed by atoms with Gasteiger partial charge in [-0.1, -0.05) is 212 Å². The van der Waals surface area contributed by atoms with Crippen LogP contribution in [0.5, 0.6) is 0 Å². The van der Waals surface area contributed by atoms with Gasteiger partial charge >= 0.3 is 11.9 Å². The molecule has 0 radical (unpaired) electrons. The Morgan fingerprint density at radius 3 is 1.18 bits per heavy atom. The van der Waals surface area contributed by atoms with Crippen molar-refractivity contribution in [3.05, 3.63) is 122 Å². The summed E-state index contributed by atoms with van der Waals surface area (Å²) < 4.78 is 22.5. The van der Waals surface area contributed by atoms with E-state index in [9.17, 15) is 19.5 Å². The summed E-state index contributed by atoms with van der Waals surface area (Å²) in [7, 11) is 5.89. The summed E-state index contributed by atoms with van der Waals surface area (Å²) in [6.45, 7) is 4.41. The van der Waals surface area contributed by atoms with Crippen molar-refractivity contribution >= 4 is 17.9 Å². The van der Waals surface area contributed by atoms with Crippen LogP contribution in [0.1, 0.15) is 194 Å². The molecular weight excluding hydrogens is 887 g/mol. The molecule has 0 saturated carbocycles. The molecule has 0 saturated heterocycles. The van der Waals surface area contributed by atoms with E-state index in [0.29, 0.717) is 23.9 Å². The number of carboxylic acids is 1. The van der Waals surface area contributed by atoms with Gasteiger partial charge in [-0.15, -0.1) is 0 Å². The molecule has 0 aromatic heterocycles. The van der Waals surface area contributed by atoms with Crippen LogP contribution < -0.4 is 5.11 Å². The van der Waals surface area contributed by atoms with E-state index in [1.807, 2.05) is 33.3 Å². The highest BCUT2D eigenvalue weighted by Gasteiger charge is 2.21. The number of allylic oxidation sites excluding steroid dienone is 20. The number of unbranched alkanes of at least 4 members (excludes halogenated alkanes) is 14. The average Bonchev–Trinajstić information content (AvgIpc) is 3.34. The Labute approximate surface area is 434 Å². The van der Waals surface area contributed by atoms with Crippen molar-refractivity contribution in [2.45, 2.75) is 206 Å². The molecule has 0 aliphatic carbocycles. The van der Waals surface area contributed by atoms with Crippen molar-refractivity contribution in [3.63, 3.8) is 0 Å². The number of esters is 2. The molecule has 9 nitrogen and oxygen atoms in total. The second-order valence-electron chi connectivity index (χ2n) is 19.1. The molecule has 71 heavy (non-hydrogen) atoms. The minimum absolute atomic E-state index is 0.132. The van der Waals surface area contributed by atoms with Crippen LogP contribution >= 0.6 is 0 Å². The number of aliphatic carboxylic acids is 1. The molecule has 0 aliphatic heterocycles. The van der Waals surface area contributed by atoms with Gasteiger partial charge in [0.05, 0.1) is 40.3 Å². The van der Waals surface area contributed by atoms with E-state index < -0.39 is 30.3 Å². The van der Waals surface area contributed by atoms with Gasteiger partial charge in [-0.2, -0.15) is 0 Å². The number of hydrogen-bond donors (Lipinski definition) is 0. The van der Waals surface area contributed by atoms with Crippen molar-refractivity contribution in [1.82, 2.24) is 0 Å². The molecule has 0 bridgehead atoms. The Hall–Kier alpha value is -4.31. The van der Waals surface area contributed by atoms with Crippen molar-refractivity contribution in [1.29, 1.82) is 0 Å². The number of quaternary nitrogens is 1. The molecule has 0 rings (SSSR count). The highest BCUT2D eigenvalue weighted by Crippen LogP contribution is 2.15. The van der Waals surface area contributed by atoms with Crippen LogP contribution in [0.3, 0.4) is 0 Å². The largest absolute Gasteiger partial charge is 0.545 e. The van der Waals surface area contributed by atoms with Crippen molar-refractivity contribution in [3.8, 4) is 0 Å². The molecule has 0 aromatic rings. The van der Waals surface area contributed by atoms with E-state index in [1.165, 1.54) is 70.6 Å². The summed E-state index contributed by atoms with van der Waals surface area (Å²) in [5.41, 5.74) is 0. The van der Waals surface area contributed by atoms with Crippen LogP contribution in [0.15, 0.2) is 122 Å². The second kappa shape index (κ2) is 52.0. The van der Waals surface area contributed by atoms with Crippen LogP contribution in [0.25, 0.3) is 0 Å². The van der Waals surface area contributed by atoms with Crippen molar-refractivity contribution in [2.24, 2.45) is 0 Å². The smallest absolute Gasteiger partial charge is 0.306 e. The van der Waals surface area contributed by atoms with Crippen LogP contribution in [-0.4, -0.2) is 82.3 Å². The summed E-state index contributed by atoms with van der Waals surface area (Å²) in [6, 6.07) is 0. The van der Waals surface area contributed by atoms with Crippen LogP contribution in [0.2, 0.25) is 0 Å². The highest BCUT2D eigenvalue weighted by atomic mass is 16.7. The lowest BCUT2D eigenvalue weighted by atomic mass is 10.0. The molecule has 2 unspecified atom stereocenters. The van der Waals surface area contributed by atoms with Crippen LogP contribution in [0.4, 0.5) is 0 Å². The Morgan fingerprint density at radius 2 is 0.789 bits per heavy atom. The van der Waals surface area contributed by atoms with E-state index in [0.717, 1.165) is 83.5 Å². The van der Waals surface area contributed by atoms with E-state index in [4.69, 9.17) is 18.9 Å². The number of rotatable bonds is 49. The summed E-state index contributed by atoms with van der Waals surface area (Å²) >= 11 is 0. The number of carbonyl (C=O) groups excluding carboxylic acids is 3. The SMILES string of the molecule is CC/C=C\C/C=C\C/C=C\C/C=C\C/C=C\C/C=C\CCCCCCCCCCCCCCCCC(=O)OC(COC(=O)CC/C=C\C/C=C\C/C=C\C/C=C\CC)COC(OCC[N+](C)(C)C)C(=O)[O-]. The first-order valence-electron chi connectivity index (χ1n) is 27.7. The van der Waals surface area contributed by atoms with E-state index in [1.54, 1.807) is 0 Å². The lowest BCUT2D eigenvalue weighted by molar-refractivity contribution is -0.870. The average molecular weight is 988 g/mol. The molecular formula is C62H101NO8. The third-order valence-corrected chi connectivity index (χ3v) is 11.2. The molecule has 0 amide bonds. The van der Waals surface area contributed by atoms with Gasteiger partial charge in [-0.05, 0) is 89.9 Å². The number of likely N-dealkylation sites (N-methyl/N-ethyl adjacent to an activating group) is 1. The monoisotopic (exact) mass is 988 g/mol. The highest BCUT2D eigenvalue weighted by molar-refractivity contribution is 5.70. The lowest BCUT2D eigenvalue weighted by Crippen LogP contribution is -2.44. The molecule has 0 heterocycles. The standard InChI is InChI=1S/C62H101NO8/c1-6-8-10-12-14-16-18-20-21-22-23-24-25-26-27-28-29-30-31-32-33-34-35-36-37-38-39-41-43-45-47-49-51-53-60(65)71-58(57-70-62(61(66)67)68-55-54-63(3,4)5)56-69-59(64)52-50-48-46-44-42-40-19-17-15-13-11-9-7-2/h8-11,14-17,20-21,23-24,26-27,29-30,40,42,46,48,58,62H,6-7,12-13,18-19,22,25,28,31-39,41,43-45,47,49-57H2,1-5H3/b10-8-,11-9-,16-14-,17-15-,21-20-,24-23-,27-26-,30-29-,42-40-,48-46-. The maximum atomic E-state index is 12.8. The fourth-order valence-electron chi connectivity index (χ4n) is 7.02. The number of nitrogens with zero attached hydrogens (tertiary/aromatic N) is 1. The van der Waals surface area contributed by atoms with Crippen molar-refractivity contribution in [2.75, 3.05) is 47.5 Å². The quantitative estimate of drug-likeness (QED) is 0.0195. The van der Waals surface area contributed by atoms with E-state index in [2.05, 4.69) is 123 Å². The normalized spacial score (nSPS) is 13.8. The predicted octanol–water partition coefficient (Wildman–Crippen LogP) is 14.8. The lowest BCUT2D eigenvalue weighted by Gasteiger charge is -2.26. The molecule has 0 aliphatic rings. The summed E-state index contributed by atoms with van der Waals surface area (Å²) in [6.07, 6.45) is 69.9.